The summed E-state index contributed by atoms with van der Waals surface area (Å²) in [6.07, 6.45) is 7.53. The zero-order valence-electron chi connectivity index (χ0n) is 75.2. The zero-order valence-corrected chi connectivity index (χ0v) is 75.2. The second-order valence-corrected chi connectivity index (χ2v) is 35.5. The van der Waals surface area contributed by atoms with Crippen molar-refractivity contribution in [2.45, 2.75) is 362 Å². The first-order valence-electron chi connectivity index (χ1n) is 44.2. The van der Waals surface area contributed by atoms with E-state index in [0.29, 0.717) is 96.6 Å². The number of nitrogens with one attached hydrogen (secondary N) is 13. The molecular weight excluding hydrogens is 1530 g/mol. The van der Waals surface area contributed by atoms with E-state index in [9.17, 15) is 67.1 Å². The molecule has 0 heterocycles. The van der Waals surface area contributed by atoms with E-state index in [4.69, 9.17) is 45.9 Å². The largest absolute Gasteiger partial charge is 0.368 e. The highest BCUT2D eigenvalue weighted by molar-refractivity contribution is 6.00. The second kappa shape index (κ2) is 62.4. The lowest BCUT2D eigenvalue weighted by molar-refractivity contribution is -0.137. The quantitative estimate of drug-likeness (QED) is 0.0381. The molecule has 0 aliphatic heterocycles. The van der Waals surface area contributed by atoms with Gasteiger partial charge in [0.1, 0.15) is 78.5 Å². The Morgan fingerprint density at radius 1 is 0.185 bits per heavy atom. The van der Waals surface area contributed by atoms with Crippen molar-refractivity contribution in [3.8, 4) is 0 Å². The molecule has 0 radical (unpaired) electrons. The Morgan fingerprint density at radius 3 is 0.462 bits per heavy atom. The van der Waals surface area contributed by atoms with Gasteiger partial charge in [-0.2, -0.15) is 0 Å². The first-order valence-corrected chi connectivity index (χ1v) is 44.2. The van der Waals surface area contributed by atoms with Gasteiger partial charge in [-0.15, -0.1) is 0 Å². The molecule has 0 unspecified atom stereocenters. The van der Waals surface area contributed by atoms with E-state index >= 15 is 0 Å². The summed E-state index contributed by atoms with van der Waals surface area (Å²) >= 11 is 0. The number of hydrogen-bond acceptors (Lipinski definition) is 21. The molecule has 14 atom stereocenters. The van der Waals surface area contributed by atoms with Gasteiger partial charge in [0.25, 0.3) is 0 Å². The van der Waals surface area contributed by atoms with Crippen molar-refractivity contribution in [1.82, 2.24) is 69.1 Å². The lowest BCUT2D eigenvalue weighted by Gasteiger charge is -2.30. The van der Waals surface area contributed by atoms with Crippen molar-refractivity contribution < 1.29 is 67.1 Å². The topological polar surface area (TPSA) is 604 Å². The van der Waals surface area contributed by atoms with E-state index in [1.54, 1.807) is 0 Å². The van der Waals surface area contributed by atoms with Crippen LogP contribution in [0.4, 0.5) is 0 Å². The summed E-state index contributed by atoms with van der Waals surface area (Å²) in [6.45, 7) is 31.4. The van der Waals surface area contributed by atoms with E-state index in [1.807, 2.05) is 111 Å². The number of hydrogen-bond donors (Lipinski definition) is 21. The molecular formula is C84H163N21O14. The van der Waals surface area contributed by atoms with Crippen LogP contribution in [0.2, 0.25) is 0 Å². The number of nitrogens with two attached hydrogens (primary N) is 8. The van der Waals surface area contributed by atoms with Crippen LogP contribution in [0.3, 0.4) is 0 Å². The fourth-order valence-corrected chi connectivity index (χ4v) is 13.6. The Bertz CT molecular complexity index is 3020. The first-order chi connectivity index (χ1) is 56.0. The van der Waals surface area contributed by atoms with Crippen LogP contribution in [0.5, 0.6) is 0 Å². The number of unbranched alkanes of at least 4 members (excludes halogenated alkanes) is 6. The third-order valence-electron chi connectivity index (χ3n) is 20.0. The van der Waals surface area contributed by atoms with Crippen molar-refractivity contribution in [2.75, 3.05) is 39.3 Å². The van der Waals surface area contributed by atoms with Gasteiger partial charge in [0.15, 0.2) is 0 Å². The third-order valence-corrected chi connectivity index (χ3v) is 20.0. The lowest BCUT2D eigenvalue weighted by atomic mass is 9.98. The normalized spacial score (nSPS) is 15.2. The van der Waals surface area contributed by atoms with Crippen LogP contribution in [-0.2, 0) is 67.1 Å². The van der Waals surface area contributed by atoms with Gasteiger partial charge >= 0.3 is 0 Å². The minimum Gasteiger partial charge on any atom is -0.368 e. The molecule has 0 saturated heterocycles. The average Bonchev–Trinajstić information content (AvgIpc) is 0.854. The van der Waals surface area contributed by atoms with Gasteiger partial charge in [0, 0.05) is 0 Å². The maximum atomic E-state index is 14.9. The summed E-state index contributed by atoms with van der Waals surface area (Å²) in [7, 11) is 0. The van der Waals surface area contributed by atoms with Crippen molar-refractivity contribution in [2.24, 2.45) is 93.2 Å². The summed E-state index contributed by atoms with van der Waals surface area (Å²) < 4.78 is 0. The van der Waals surface area contributed by atoms with E-state index in [2.05, 4.69) is 69.1 Å². The van der Waals surface area contributed by atoms with Gasteiger partial charge in [-0.3, -0.25) is 67.1 Å². The average molecular weight is 1690 g/mol. The Labute approximate surface area is 710 Å². The minimum atomic E-state index is -1.31. The fraction of sp³-hybridized carbons (Fsp3) is 0.833. The fourth-order valence-electron chi connectivity index (χ4n) is 13.6. The molecule has 0 aromatic rings. The molecule has 0 aliphatic carbocycles. The van der Waals surface area contributed by atoms with Gasteiger partial charge in [-0.25, -0.2) is 0 Å². The van der Waals surface area contributed by atoms with Crippen LogP contribution in [-0.4, -0.2) is 207 Å². The molecule has 119 heavy (non-hydrogen) atoms. The molecule has 0 saturated carbocycles. The SMILES string of the molecule is CC(C)C[C@H](NC(=O)[C@H](CC(C)C)NC(=O)[C@H](CCCCN)NC(=O)[C@H](CC(C)C)NC(=O)[C@H](CC(C)C)NC(=O)[C@H](CCCCN)NC(=O)[C@H](CCCCN)NC(=O)[C@H](CC(C)C)NC(=O)[C@H](CC(C)C)NC(=O)[C@H](CCCCN)NC(=O)[C@H](CC(C)C)NC(=O)[C@H](CC(C)C)NC(=O)[C@@H](N)CCCCN)C(=O)N[C@@H](CCCCN)C(N)=O. The number of rotatable bonds is 67. The molecule has 0 aliphatic rings. The monoisotopic (exact) mass is 1690 g/mol. The van der Waals surface area contributed by atoms with Crippen molar-refractivity contribution in [1.29, 1.82) is 0 Å². The molecule has 0 bridgehead atoms. The maximum absolute atomic E-state index is 14.9. The predicted molar refractivity (Wildman–Crippen MR) is 465 cm³/mol. The summed E-state index contributed by atoms with van der Waals surface area (Å²) in [5.41, 5.74) is 46.8. The van der Waals surface area contributed by atoms with E-state index in [0.717, 1.165) is 0 Å². The van der Waals surface area contributed by atoms with Gasteiger partial charge in [0.2, 0.25) is 82.7 Å². The van der Waals surface area contributed by atoms with Crippen LogP contribution in [0, 0.1) is 47.3 Å². The van der Waals surface area contributed by atoms with Crippen molar-refractivity contribution >= 4 is 82.7 Å². The van der Waals surface area contributed by atoms with Gasteiger partial charge < -0.3 is 115 Å². The summed E-state index contributed by atoms with van der Waals surface area (Å²) in [5.74, 6) is -11.1. The molecule has 0 aromatic heterocycles. The zero-order chi connectivity index (χ0) is 90.6. The van der Waals surface area contributed by atoms with Crippen LogP contribution < -0.4 is 115 Å². The third kappa shape index (κ3) is 49.1. The number of carbonyl (C=O) groups is 14. The second-order valence-electron chi connectivity index (χ2n) is 35.5. The summed E-state index contributed by atoms with van der Waals surface area (Å²) in [6, 6.07) is -16.6. The molecule has 0 rings (SSSR count). The molecule has 688 valence electrons. The van der Waals surface area contributed by atoms with Crippen LogP contribution in [0.15, 0.2) is 0 Å². The summed E-state index contributed by atoms with van der Waals surface area (Å²) in [5, 5.41) is 36.6. The molecule has 35 nitrogen and oxygen atoms in total. The van der Waals surface area contributed by atoms with Crippen molar-refractivity contribution in [3.05, 3.63) is 0 Å². The van der Waals surface area contributed by atoms with Gasteiger partial charge in [0.05, 0.1) is 6.04 Å². The number of amides is 14. The summed E-state index contributed by atoms with van der Waals surface area (Å²) in [4.78, 5) is 200. The standard InChI is InChI=1S/C84H163N21O14/c1-49(2)41-63(98-72(107)57(91)29-17-23-35-85)81(116)103-65(43-51(5)6)79(114)96-61(33-21-27-39-89)76(111)101-70(48-56(15)16)84(119)104-66(44-52(7)8)78(113)95-59(31-19-25-37-87)73(108)94-60(32-20-26-38-88)74(109)99-69(47-55(13)14)83(118)105-67(45-53(9)10)80(115)97-62(34-22-28-40-90)75(110)100-68(46-54(11)12)82(117)102-64(42-50(3)4)77(112)93-58(71(92)106)30-18-24-36-86/h49-70H,17-48,85-91H2,1-16H3,(H2,92,106)(H,93,112)(H,94,108)(H,95,113)(H,96,114)(H,97,115)(H,98,107)(H,99,109)(H,100,110)(H,101,111)(H,102,117)(H,103,116)(H,104,119)(H,105,118)/t57-,58-,59-,60-,61-,62-,63-,64-,65-,66-,67-,68-,69-,70-/m0/s1. The highest BCUT2D eigenvalue weighted by atomic mass is 16.2. The smallest absolute Gasteiger partial charge is 0.243 e. The highest BCUT2D eigenvalue weighted by Crippen LogP contribution is 2.19. The molecule has 0 aromatic carbocycles. The van der Waals surface area contributed by atoms with Crippen molar-refractivity contribution in [3.63, 3.8) is 0 Å². The Kier molecular flexibility index (Phi) is 58.4. The highest BCUT2D eigenvalue weighted by Gasteiger charge is 2.39. The number of primary amides is 1. The molecule has 35 heteroatoms. The van der Waals surface area contributed by atoms with E-state index in [1.165, 1.54) is 0 Å². The van der Waals surface area contributed by atoms with E-state index in [-0.39, 0.29) is 157 Å². The van der Waals surface area contributed by atoms with Crippen LogP contribution >= 0.6 is 0 Å². The Balaban J connectivity index is 7.35. The minimum absolute atomic E-state index is 0.0370. The first kappa shape index (κ1) is 111. The van der Waals surface area contributed by atoms with Gasteiger partial charge in [-0.1, -0.05) is 117 Å². The van der Waals surface area contributed by atoms with E-state index < -0.39 is 167 Å². The predicted octanol–water partition coefficient (Wildman–Crippen LogP) is 1.24. The Hall–Kier alpha value is -7.70. The van der Waals surface area contributed by atoms with Crippen LogP contribution in [0.25, 0.3) is 0 Å². The van der Waals surface area contributed by atoms with Crippen LogP contribution in [0.1, 0.15) is 278 Å². The molecule has 14 amide bonds. The Morgan fingerprint density at radius 2 is 0.311 bits per heavy atom. The van der Waals surface area contributed by atoms with Gasteiger partial charge in [-0.05, 0) is 247 Å². The maximum Gasteiger partial charge on any atom is 0.243 e. The molecule has 0 fully saturated rings. The molecule has 0 spiro atoms. The molecule has 29 N–H and O–H groups in total. The lowest BCUT2D eigenvalue weighted by Crippen LogP contribution is -2.61. The number of carbonyl (C=O) groups excluding carboxylic acids is 14.